The van der Waals surface area contributed by atoms with Gasteiger partial charge in [-0.1, -0.05) is 24.3 Å². The number of anilines is 2. The molecule has 1 amide bonds. The summed E-state index contributed by atoms with van der Waals surface area (Å²) in [7, 11) is -2.26. The van der Waals surface area contributed by atoms with Crippen molar-refractivity contribution in [2.45, 2.75) is 24.2 Å². The number of carbonyl (C=O) groups excluding carboxylic acids is 1. The third kappa shape index (κ3) is 5.53. The van der Waals surface area contributed by atoms with Gasteiger partial charge in [-0.05, 0) is 66.9 Å². The number of fused-ring (bicyclic) bond motifs is 1. The van der Waals surface area contributed by atoms with Crippen molar-refractivity contribution < 1.29 is 17.9 Å². The number of aromatic nitrogens is 1. The van der Waals surface area contributed by atoms with Crippen LogP contribution in [0.15, 0.2) is 83.9 Å². The van der Waals surface area contributed by atoms with E-state index >= 15 is 0 Å². The van der Waals surface area contributed by atoms with Crippen LogP contribution in [0.25, 0.3) is 10.9 Å². The van der Waals surface area contributed by atoms with E-state index in [4.69, 9.17) is 4.74 Å². The number of methoxy groups -OCH3 is 1. The molecule has 4 rings (SSSR count). The second kappa shape index (κ2) is 9.79. The summed E-state index contributed by atoms with van der Waals surface area (Å²) in [4.78, 5) is 15.7. The van der Waals surface area contributed by atoms with E-state index in [-0.39, 0.29) is 10.8 Å². The second-order valence-electron chi connectivity index (χ2n) is 7.62. The predicted octanol–water partition coefficient (Wildman–Crippen LogP) is 4.94. The Kier molecular flexibility index (Phi) is 6.65. The van der Waals surface area contributed by atoms with Gasteiger partial charge in [0.05, 0.1) is 12.0 Å². The first kappa shape index (κ1) is 22.4. The van der Waals surface area contributed by atoms with Crippen molar-refractivity contribution in [1.82, 2.24) is 4.98 Å². The lowest BCUT2D eigenvalue weighted by atomic mass is 10.1. The summed E-state index contributed by atoms with van der Waals surface area (Å²) in [6, 6.07) is 20.9. The fraction of sp³-hybridized carbons (Fsp3) is 0.160. The molecule has 4 aromatic rings. The van der Waals surface area contributed by atoms with Gasteiger partial charge >= 0.3 is 0 Å². The van der Waals surface area contributed by atoms with E-state index in [1.165, 1.54) is 23.1 Å². The molecule has 3 N–H and O–H groups in total. The van der Waals surface area contributed by atoms with Gasteiger partial charge < -0.3 is 15.0 Å². The van der Waals surface area contributed by atoms with Gasteiger partial charge in [-0.15, -0.1) is 0 Å². The lowest BCUT2D eigenvalue weighted by Gasteiger charge is -2.11. The number of amides is 1. The number of sulfonamides is 1. The first-order valence-electron chi connectivity index (χ1n) is 10.6. The third-order valence-corrected chi connectivity index (χ3v) is 6.67. The van der Waals surface area contributed by atoms with Crippen LogP contribution < -0.4 is 14.8 Å². The maximum atomic E-state index is 12.7. The molecule has 0 saturated heterocycles. The SMILES string of the molecule is COc1ccc(NS(=O)(=O)c2cccc(NC(=O)CCCc3c[nH]c4ccccc34)c2)cc1. The number of benzene rings is 3. The summed E-state index contributed by atoms with van der Waals surface area (Å²) in [6.07, 6.45) is 3.77. The van der Waals surface area contributed by atoms with Crippen LogP contribution in [0.3, 0.4) is 0 Å². The number of H-pyrrole nitrogens is 1. The zero-order chi connectivity index (χ0) is 23.3. The fourth-order valence-electron chi connectivity index (χ4n) is 3.62. The molecule has 0 aliphatic carbocycles. The summed E-state index contributed by atoms with van der Waals surface area (Å²) >= 11 is 0. The van der Waals surface area contributed by atoms with Crippen molar-refractivity contribution in [3.63, 3.8) is 0 Å². The van der Waals surface area contributed by atoms with Crippen LogP contribution in [0.1, 0.15) is 18.4 Å². The van der Waals surface area contributed by atoms with Crippen molar-refractivity contribution in [3.05, 3.63) is 84.6 Å². The Labute approximate surface area is 192 Å². The molecule has 0 saturated carbocycles. The van der Waals surface area contributed by atoms with Gasteiger partial charge in [-0.3, -0.25) is 9.52 Å². The van der Waals surface area contributed by atoms with E-state index in [9.17, 15) is 13.2 Å². The summed E-state index contributed by atoms with van der Waals surface area (Å²) in [6.45, 7) is 0. The minimum absolute atomic E-state index is 0.0647. The summed E-state index contributed by atoms with van der Waals surface area (Å²) < 4.78 is 33.1. The van der Waals surface area contributed by atoms with Gasteiger partial charge in [0, 0.05) is 34.9 Å². The lowest BCUT2D eigenvalue weighted by Crippen LogP contribution is -2.15. The first-order chi connectivity index (χ1) is 15.9. The number of aromatic amines is 1. The second-order valence-corrected chi connectivity index (χ2v) is 9.31. The number of hydrogen-bond acceptors (Lipinski definition) is 4. The highest BCUT2D eigenvalue weighted by atomic mass is 32.2. The molecule has 0 aliphatic heterocycles. The molecule has 0 unspecified atom stereocenters. The highest BCUT2D eigenvalue weighted by Gasteiger charge is 2.15. The lowest BCUT2D eigenvalue weighted by molar-refractivity contribution is -0.116. The van der Waals surface area contributed by atoms with Gasteiger partial charge in [-0.2, -0.15) is 0 Å². The fourth-order valence-corrected chi connectivity index (χ4v) is 4.72. The minimum atomic E-state index is -3.80. The molecule has 0 bridgehead atoms. The Balaban J connectivity index is 1.35. The van der Waals surface area contributed by atoms with Crippen LogP contribution >= 0.6 is 0 Å². The molecule has 1 heterocycles. The third-order valence-electron chi connectivity index (χ3n) is 5.30. The molecule has 1 aromatic heterocycles. The largest absolute Gasteiger partial charge is 0.497 e. The van der Waals surface area contributed by atoms with Gasteiger partial charge in [0.2, 0.25) is 5.91 Å². The first-order valence-corrected chi connectivity index (χ1v) is 12.0. The van der Waals surface area contributed by atoms with E-state index < -0.39 is 10.0 Å². The molecule has 0 aliphatic rings. The molecule has 0 fully saturated rings. The number of carbonyl (C=O) groups is 1. The number of hydrogen-bond donors (Lipinski definition) is 3. The molecule has 3 aromatic carbocycles. The molecule has 170 valence electrons. The summed E-state index contributed by atoms with van der Waals surface area (Å²) in [5.74, 6) is 0.472. The van der Waals surface area contributed by atoms with Crippen LogP contribution in [-0.2, 0) is 21.2 Å². The van der Waals surface area contributed by atoms with Crippen molar-refractivity contribution >= 4 is 38.2 Å². The van der Waals surface area contributed by atoms with Crippen molar-refractivity contribution in [2.24, 2.45) is 0 Å². The maximum absolute atomic E-state index is 12.7. The van der Waals surface area contributed by atoms with Crippen LogP contribution in [0.5, 0.6) is 5.75 Å². The van der Waals surface area contributed by atoms with Crippen LogP contribution in [-0.4, -0.2) is 26.4 Å². The van der Waals surface area contributed by atoms with Crippen LogP contribution in [0.2, 0.25) is 0 Å². The number of rotatable bonds is 9. The zero-order valence-electron chi connectivity index (χ0n) is 18.2. The highest BCUT2D eigenvalue weighted by Crippen LogP contribution is 2.22. The van der Waals surface area contributed by atoms with E-state index in [0.717, 1.165) is 11.9 Å². The average Bonchev–Trinajstić information content (AvgIpc) is 3.23. The Morgan fingerprint density at radius 2 is 1.76 bits per heavy atom. The normalized spacial score (nSPS) is 11.3. The molecular formula is C25H25N3O4S. The number of ether oxygens (including phenoxy) is 1. The van der Waals surface area contributed by atoms with Gasteiger partial charge in [0.1, 0.15) is 5.75 Å². The molecule has 33 heavy (non-hydrogen) atoms. The predicted molar refractivity (Wildman–Crippen MR) is 130 cm³/mol. The van der Waals surface area contributed by atoms with E-state index in [0.29, 0.717) is 30.0 Å². The molecule has 8 heteroatoms. The Morgan fingerprint density at radius 1 is 0.970 bits per heavy atom. The molecular weight excluding hydrogens is 438 g/mol. The van der Waals surface area contributed by atoms with Crippen LogP contribution in [0.4, 0.5) is 11.4 Å². The van der Waals surface area contributed by atoms with Gasteiger partial charge in [-0.25, -0.2) is 8.42 Å². The Morgan fingerprint density at radius 3 is 2.55 bits per heavy atom. The standard InChI is InChI=1S/C25H25N3O4S/c1-32-21-14-12-19(13-15-21)28-33(30,31)22-8-5-7-20(16-22)27-25(29)11-4-6-18-17-26-24-10-3-2-9-23(18)24/h2-3,5,7-10,12-17,26,28H,4,6,11H2,1H3,(H,27,29). The minimum Gasteiger partial charge on any atom is -0.497 e. The van der Waals surface area contributed by atoms with E-state index in [1.54, 1.807) is 43.5 Å². The smallest absolute Gasteiger partial charge is 0.261 e. The number of nitrogens with one attached hydrogen (secondary N) is 3. The molecule has 0 atom stereocenters. The molecule has 0 spiro atoms. The van der Waals surface area contributed by atoms with Crippen LogP contribution in [0, 0.1) is 0 Å². The highest BCUT2D eigenvalue weighted by molar-refractivity contribution is 7.92. The number of para-hydroxylation sites is 1. The maximum Gasteiger partial charge on any atom is 0.261 e. The monoisotopic (exact) mass is 463 g/mol. The quantitative estimate of drug-likeness (QED) is 0.327. The van der Waals surface area contributed by atoms with Gasteiger partial charge in [0.15, 0.2) is 0 Å². The van der Waals surface area contributed by atoms with Crippen molar-refractivity contribution in [2.75, 3.05) is 17.1 Å². The van der Waals surface area contributed by atoms with Crippen molar-refractivity contribution in [3.8, 4) is 5.75 Å². The Hall–Kier alpha value is -3.78. The number of aryl methyl sites for hydroxylation is 1. The summed E-state index contributed by atoms with van der Waals surface area (Å²) in [5, 5.41) is 3.96. The topological polar surface area (TPSA) is 100 Å². The summed E-state index contributed by atoms with van der Waals surface area (Å²) in [5.41, 5.74) is 3.11. The van der Waals surface area contributed by atoms with E-state index in [1.807, 2.05) is 24.4 Å². The molecule has 7 nitrogen and oxygen atoms in total. The van der Waals surface area contributed by atoms with Crippen molar-refractivity contribution in [1.29, 1.82) is 0 Å². The van der Waals surface area contributed by atoms with E-state index in [2.05, 4.69) is 21.1 Å². The average molecular weight is 464 g/mol. The Bertz CT molecular complexity index is 1360. The van der Waals surface area contributed by atoms with Gasteiger partial charge in [0.25, 0.3) is 10.0 Å². The zero-order valence-corrected chi connectivity index (χ0v) is 19.0. The molecule has 0 radical (unpaired) electrons.